The van der Waals surface area contributed by atoms with Gasteiger partial charge in [-0.1, -0.05) is 188 Å². The average molecular weight is 974 g/mol. The zero-order valence-electron chi connectivity index (χ0n) is 40.1. The molecule has 10 aromatic carbocycles. The lowest BCUT2D eigenvalue weighted by Crippen LogP contribution is -2.32. The highest BCUT2D eigenvalue weighted by molar-refractivity contribution is 6.17. The maximum Gasteiger partial charge on any atom is 0.420 e. The van der Waals surface area contributed by atoms with Gasteiger partial charge in [-0.2, -0.15) is 13.2 Å². The summed E-state index contributed by atoms with van der Waals surface area (Å²) in [4.78, 5) is 2.25. The Hall–Kier alpha value is -9.53. The molecule has 1 aliphatic carbocycles. The van der Waals surface area contributed by atoms with Crippen molar-refractivity contribution >= 4 is 98.6 Å². The second-order valence-electron chi connectivity index (χ2n) is 19.8. The van der Waals surface area contributed by atoms with Crippen LogP contribution < -0.4 is 4.90 Å². The Morgan fingerprint density at radius 2 is 0.573 bits per heavy atom. The van der Waals surface area contributed by atoms with E-state index in [1.807, 2.05) is 173 Å². The molecule has 0 bridgehead atoms. The van der Waals surface area contributed by atoms with Crippen molar-refractivity contribution in [3.05, 3.63) is 254 Å². The number of fused-ring (bicyclic) bond motifs is 15. The first-order valence-corrected chi connectivity index (χ1v) is 25.4. The number of benzene rings is 10. The molecule has 75 heavy (non-hydrogen) atoms. The van der Waals surface area contributed by atoms with Crippen LogP contribution in [0, 0.1) is 0 Å². The number of para-hydroxylation sites is 9. The Bertz CT molecular complexity index is 4590. The number of nitrogens with zero attached hydrogens (tertiary/aromatic N) is 5. The van der Waals surface area contributed by atoms with Gasteiger partial charge in [-0.15, -0.1) is 0 Å². The quantitative estimate of drug-likeness (QED) is 0.169. The Balaban J connectivity index is 1.30. The van der Waals surface area contributed by atoms with Gasteiger partial charge in [-0.25, -0.2) is 0 Å². The Morgan fingerprint density at radius 3 is 0.933 bits per heavy atom. The summed E-state index contributed by atoms with van der Waals surface area (Å²) in [7, 11) is 0. The standard InChI is InChI=1S/C67H42F3N5/c68-67(69,70)61-62(71-51-31-11-1-21-41(51)42-22-2-12-32-52(42)71)64(73-55-35-15-5-25-45(55)46-26-6-16-36-56(46)73)66(75-59-39-19-9-29-49(59)50-30-10-20-40-60(50)75)65(74-57-37-17-7-27-47(57)48-28-8-18-38-58(48)74)63(61)72-53-33-13-3-23-43(53)44-24-4-14-34-54(44)72/h1-40,45,55H. The zero-order chi connectivity index (χ0) is 49.7. The Labute approximate surface area is 427 Å². The first-order valence-electron chi connectivity index (χ1n) is 25.4. The van der Waals surface area contributed by atoms with E-state index in [-0.39, 0.29) is 17.3 Å². The van der Waals surface area contributed by atoms with Crippen LogP contribution in [-0.4, -0.2) is 24.3 Å². The largest absolute Gasteiger partial charge is 0.420 e. The number of rotatable bonds is 5. The molecular weight excluding hydrogens is 932 g/mol. The molecule has 2 atom stereocenters. The Morgan fingerprint density at radius 1 is 0.293 bits per heavy atom. The van der Waals surface area contributed by atoms with E-state index in [1.54, 1.807) is 0 Å². The molecular formula is C67H42F3N5. The van der Waals surface area contributed by atoms with E-state index < -0.39 is 17.8 Å². The van der Waals surface area contributed by atoms with Crippen molar-refractivity contribution in [2.45, 2.75) is 18.1 Å². The highest BCUT2D eigenvalue weighted by atomic mass is 19.4. The van der Waals surface area contributed by atoms with Gasteiger partial charge in [0, 0.05) is 54.7 Å². The first kappa shape index (κ1) is 42.0. The number of anilines is 2. The summed E-state index contributed by atoms with van der Waals surface area (Å²) in [6, 6.07) is 72.6. The second-order valence-corrected chi connectivity index (χ2v) is 19.8. The highest BCUT2D eigenvalue weighted by Crippen LogP contribution is 2.59. The lowest BCUT2D eigenvalue weighted by Gasteiger charge is -2.37. The molecule has 0 saturated heterocycles. The molecule has 0 amide bonds. The molecule has 0 radical (unpaired) electrons. The van der Waals surface area contributed by atoms with Crippen LogP contribution in [0.3, 0.4) is 0 Å². The second kappa shape index (κ2) is 15.5. The third-order valence-corrected chi connectivity index (χ3v) is 16.1. The third kappa shape index (κ3) is 5.68. The van der Waals surface area contributed by atoms with Crippen LogP contribution in [0.2, 0.25) is 0 Å². The molecule has 2 unspecified atom stereocenters. The number of alkyl halides is 3. The molecule has 4 aromatic heterocycles. The third-order valence-electron chi connectivity index (χ3n) is 16.1. The van der Waals surface area contributed by atoms with E-state index in [9.17, 15) is 0 Å². The van der Waals surface area contributed by atoms with Crippen molar-refractivity contribution in [2.75, 3.05) is 4.90 Å². The van der Waals surface area contributed by atoms with Gasteiger partial charge in [0.05, 0.1) is 78.6 Å². The average Bonchev–Trinajstić information content (AvgIpc) is 4.39. The summed E-state index contributed by atoms with van der Waals surface area (Å²) in [5.41, 5.74) is 8.58. The minimum absolute atomic E-state index is 0.0204. The summed E-state index contributed by atoms with van der Waals surface area (Å²) in [5, 5.41) is 7.27. The van der Waals surface area contributed by atoms with E-state index in [2.05, 4.69) is 92.9 Å². The summed E-state index contributed by atoms with van der Waals surface area (Å²) in [5.74, 6) is -0.161. The molecule has 5 nitrogen and oxygen atoms in total. The topological polar surface area (TPSA) is 23.0 Å². The van der Waals surface area contributed by atoms with Crippen molar-refractivity contribution in [3.63, 3.8) is 0 Å². The van der Waals surface area contributed by atoms with Crippen molar-refractivity contribution in [1.82, 2.24) is 18.3 Å². The molecule has 16 rings (SSSR count). The molecule has 0 fully saturated rings. The Kier molecular flexibility index (Phi) is 8.68. The SMILES string of the molecule is FC(F)(F)c1c(-n2c3ccccc3c3ccccc32)c(N2c3ccccc3C3C=CC=CC32)c(-n2c3ccccc3c3ccccc32)c(-n2c3ccccc3c3ccccc32)c1-n1c2ccccc2c2ccccc21. The maximum atomic E-state index is 18.5. The molecule has 0 spiro atoms. The lowest BCUT2D eigenvalue weighted by atomic mass is 9.91. The van der Waals surface area contributed by atoms with Crippen LogP contribution in [0.5, 0.6) is 0 Å². The zero-order valence-corrected chi connectivity index (χ0v) is 40.1. The molecule has 1 aliphatic heterocycles. The predicted octanol–water partition coefficient (Wildman–Crippen LogP) is 17.8. The number of hydrogen-bond donors (Lipinski definition) is 0. The van der Waals surface area contributed by atoms with Crippen molar-refractivity contribution in [1.29, 1.82) is 0 Å². The molecule has 5 heterocycles. The van der Waals surface area contributed by atoms with Gasteiger partial charge < -0.3 is 23.2 Å². The van der Waals surface area contributed by atoms with E-state index in [0.29, 0.717) is 39.1 Å². The fourth-order valence-electron chi connectivity index (χ4n) is 13.2. The van der Waals surface area contributed by atoms with Crippen LogP contribution in [-0.2, 0) is 6.18 Å². The van der Waals surface area contributed by atoms with Gasteiger partial charge in [0.25, 0.3) is 0 Å². The summed E-state index contributed by atoms with van der Waals surface area (Å²) >= 11 is 0. The van der Waals surface area contributed by atoms with Crippen LogP contribution in [0.4, 0.5) is 24.5 Å². The van der Waals surface area contributed by atoms with Gasteiger partial charge in [0.15, 0.2) is 0 Å². The molecule has 8 heteroatoms. The van der Waals surface area contributed by atoms with E-state index in [4.69, 9.17) is 0 Å². The van der Waals surface area contributed by atoms with Crippen LogP contribution in [0.15, 0.2) is 243 Å². The van der Waals surface area contributed by atoms with Gasteiger partial charge in [0.2, 0.25) is 0 Å². The lowest BCUT2D eigenvalue weighted by molar-refractivity contribution is -0.137. The fraction of sp³-hybridized carbons (Fsp3) is 0.0448. The smallest absolute Gasteiger partial charge is 0.330 e. The van der Waals surface area contributed by atoms with Gasteiger partial charge >= 0.3 is 6.18 Å². The van der Waals surface area contributed by atoms with Crippen molar-refractivity contribution in [2.24, 2.45) is 0 Å². The van der Waals surface area contributed by atoms with Crippen molar-refractivity contribution < 1.29 is 13.2 Å². The monoisotopic (exact) mass is 973 g/mol. The molecule has 2 aliphatic rings. The van der Waals surface area contributed by atoms with E-state index in [0.717, 1.165) is 76.4 Å². The van der Waals surface area contributed by atoms with E-state index >= 15 is 13.2 Å². The molecule has 0 N–H and O–H groups in total. The number of allylic oxidation sites excluding steroid dienone is 2. The highest BCUT2D eigenvalue weighted by Gasteiger charge is 2.48. The summed E-state index contributed by atoms with van der Waals surface area (Å²) < 4.78 is 63.9. The van der Waals surface area contributed by atoms with Crippen LogP contribution in [0.25, 0.3) is 110 Å². The summed E-state index contributed by atoms with van der Waals surface area (Å²) in [6.07, 6.45) is 3.51. The number of aromatic nitrogens is 4. The fourth-order valence-corrected chi connectivity index (χ4v) is 13.2. The minimum Gasteiger partial charge on any atom is -0.330 e. The maximum absolute atomic E-state index is 18.5. The van der Waals surface area contributed by atoms with E-state index in [1.165, 1.54) is 0 Å². The summed E-state index contributed by atoms with van der Waals surface area (Å²) in [6.45, 7) is 0. The first-order chi connectivity index (χ1) is 37.0. The molecule has 14 aromatic rings. The predicted molar refractivity (Wildman–Crippen MR) is 302 cm³/mol. The normalized spacial score (nSPS) is 15.5. The molecule has 356 valence electrons. The number of halogens is 3. The van der Waals surface area contributed by atoms with Gasteiger partial charge in [0.1, 0.15) is 5.56 Å². The van der Waals surface area contributed by atoms with Gasteiger partial charge in [-0.3, -0.25) is 0 Å². The molecule has 0 saturated carbocycles. The van der Waals surface area contributed by atoms with Crippen LogP contribution in [0.1, 0.15) is 17.0 Å². The van der Waals surface area contributed by atoms with Crippen molar-refractivity contribution in [3.8, 4) is 22.7 Å². The number of hydrogen-bond acceptors (Lipinski definition) is 1. The van der Waals surface area contributed by atoms with Gasteiger partial charge in [-0.05, 0) is 60.2 Å². The van der Waals surface area contributed by atoms with Crippen LogP contribution >= 0.6 is 0 Å². The minimum atomic E-state index is -4.98.